The van der Waals surface area contributed by atoms with Gasteiger partial charge in [-0.25, -0.2) is 15.0 Å². The van der Waals surface area contributed by atoms with Crippen molar-refractivity contribution in [3.05, 3.63) is 58.5 Å². The number of nitrogens with one attached hydrogen (secondary N) is 1. The van der Waals surface area contributed by atoms with Gasteiger partial charge in [-0.1, -0.05) is 0 Å². The van der Waals surface area contributed by atoms with Crippen LogP contribution in [0, 0.1) is 0 Å². The summed E-state index contributed by atoms with van der Waals surface area (Å²) >= 11 is 0. The zero-order chi connectivity index (χ0) is 22.7. The van der Waals surface area contributed by atoms with E-state index in [1.54, 1.807) is 29.0 Å². The number of amides is 1. The molecule has 4 rings (SSSR count). The molecule has 0 saturated heterocycles. The molecule has 11 heteroatoms. The fourth-order valence-electron chi connectivity index (χ4n) is 3.56. The summed E-state index contributed by atoms with van der Waals surface area (Å²) in [4.78, 5) is 45.0. The number of fused-ring (bicyclic) bond motifs is 1. The Morgan fingerprint density at radius 3 is 2.69 bits per heavy atom. The Bertz CT molecular complexity index is 1180. The Kier molecular flexibility index (Phi) is 6.08. The van der Waals surface area contributed by atoms with Crippen molar-refractivity contribution in [3.63, 3.8) is 0 Å². The Morgan fingerprint density at radius 1 is 1.12 bits per heavy atom. The molecule has 1 N–H and O–H groups in total. The fraction of sp³-hybridized carbons (Fsp3) is 0.333. The summed E-state index contributed by atoms with van der Waals surface area (Å²) in [6.07, 6.45) is 2.99. The van der Waals surface area contributed by atoms with Crippen LogP contribution < -0.4 is 20.3 Å². The number of nitrogens with zero attached hydrogens (tertiary/aromatic N) is 6. The minimum atomic E-state index is -0.545. The largest absolute Gasteiger partial charge is 0.481 e. The summed E-state index contributed by atoms with van der Waals surface area (Å²) in [5.41, 5.74) is 1.00. The topological polar surface area (TPSA) is 124 Å². The second kappa shape index (κ2) is 9.10. The fourth-order valence-corrected chi connectivity index (χ4v) is 3.56. The molecule has 0 spiro atoms. The lowest BCUT2D eigenvalue weighted by Crippen LogP contribution is -2.37. The van der Waals surface area contributed by atoms with Crippen LogP contribution >= 0.6 is 0 Å². The number of rotatable bonds is 5. The molecule has 32 heavy (non-hydrogen) atoms. The first kappa shape index (κ1) is 21.4. The van der Waals surface area contributed by atoms with E-state index in [0.29, 0.717) is 42.7 Å². The van der Waals surface area contributed by atoms with Crippen LogP contribution in [0.1, 0.15) is 22.2 Å². The quantitative estimate of drug-likeness (QED) is 0.608. The molecule has 0 fully saturated rings. The van der Waals surface area contributed by atoms with E-state index in [2.05, 4.69) is 20.3 Å². The third-order valence-corrected chi connectivity index (χ3v) is 5.18. The van der Waals surface area contributed by atoms with Crippen LogP contribution in [0.2, 0.25) is 0 Å². The average molecular weight is 437 g/mol. The molecular weight excluding hydrogens is 414 g/mol. The number of pyridine rings is 1. The highest BCUT2D eigenvalue weighted by Crippen LogP contribution is 2.23. The second-order valence-electron chi connectivity index (χ2n) is 7.28. The molecule has 166 valence electrons. The van der Waals surface area contributed by atoms with E-state index < -0.39 is 11.9 Å². The number of likely N-dealkylation sites (N-methyl/N-ethyl adjacent to an activating group) is 1. The number of methoxy groups -OCH3 is 2. The van der Waals surface area contributed by atoms with Crippen LogP contribution in [0.15, 0.2) is 41.6 Å². The minimum Gasteiger partial charge on any atom is -0.481 e. The number of hydrogen-bond acceptors (Lipinski definition) is 9. The summed E-state index contributed by atoms with van der Waals surface area (Å²) < 4.78 is 11.9. The van der Waals surface area contributed by atoms with Crippen LogP contribution in [0.3, 0.4) is 0 Å². The molecule has 1 aliphatic rings. The van der Waals surface area contributed by atoms with E-state index in [1.807, 2.05) is 11.9 Å². The number of aromatic nitrogens is 5. The van der Waals surface area contributed by atoms with Gasteiger partial charge in [0.1, 0.15) is 23.8 Å². The van der Waals surface area contributed by atoms with E-state index in [-0.39, 0.29) is 17.0 Å². The van der Waals surface area contributed by atoms with Gasteiger partial charge in [0, 0.05) is 38.0 Å². The van der Waals surface area contributed by atoms with Crippen molar-refractivity contribution in [1.29, 1.82) is 0 Å². The lowest BCUT2D eigenvalue weighted by molar-refractivity contribution is 0.0923. The van der Waals surface area contributed by atoms with Gasteiger partial charge in [-0.2, -0.15) is 4.98 Å². The molecule has 0 aliphatic carbocycles. The Morgan fingerprint density at radius 2 is 1.97 bits per heavy atom. The zero-order valence-electron chi connectivity index (χ0n) is 18.0. The minimum absolute atomic E-state index is 0.143. The predicted octanol–water partition coefficient (Wildman–Crippen LogP) is 0.529. The van der Waals surface area contributed by atoms with Gasteiger partial charge in [0.2, 0.25) is 11.8 Å². The predicted molar refractivity (Wildman–Crippen MR) is 115 cm³/mol. The number of carbonyl (C=O) groups excluding carboxylic acids is 1. The molecule has 0 saturated carbocycles. The first-order valence-electron chi connectivity index (χ1n) is 9.96. The highest BCUT2D eigenvalue weighted by Gasteiger charge is 2.28. The molecule has 1 unspecified atom stereocenters. The molecule has 0 bridgehead atoms. The number of carbonyl (C=O) groups is 1. The maximum Gasteiger partial charge on any atom is 0.257 e. The van der Waals surface area contributed by atoms with E-state index >= 15 is 0 Å². The van der Waals surface area contributed by atoms with Crippen LogP contribution in [0.5, 0.6) is 11.8 Å². The van der Waals surface area contributed by atoms with Crippen LogP contribution in [0.25, 0.3) is 11.4 Å². The summed E-state index contributed by atoms with van der Waals surface area (Å²) in [6.45, 7) is 1.57. The summed E-state index contributed by atoms with van der Waals surface area (Å²) in [5.74, 6) is 0.541. The Hall–Kier alpha value is -3.86. The zero-order valence-corrected chi connectivity index (χ0v) is 18.0. The van der Waals surface area contributed by atoms with Crippen molar-refractivity contribution in [2.45, 2.75) is 12.6 Å². The van der Waals surface area contributed by atoms with E-state index in [1.165, 1.54) is 26.6 Å². The summed E-state index contributed by atoms with van der Waals surface area (Å²) in [7, 11) is 4.85. The summed E-state index contributed by atoms with van der Waals surface area (Å²) in [6, 6.07) is 5.75. The van der Waals surface area contributed by atoms with Crippen LogP contribution in [-0.2, 0) is 6.54 Å². The molecule has 0 aromatic carbocycles. The molecule has 1 atom stereocenters. The molecule has 3 aromatic heterocycles. The molecule has 4 heterocycles. The Labute approximate surface area is 184 Å². The van der Waals surface area contributed by atoms with E-state index in [0.717, 1.165) is 0 Å². The SMILES string of the molecule is COc1ccc(C(=O)NC2CN(C)CCn3c2nc(-c2ccncn2)cc3=O)c(OC)n1. The van der Waals surface area contributed by atoms with Crippen molar-refractivity contribution in [2.24, 2.45) is 0 Å². The highest BCUT2D eigenvalue weighted by atomic mass is 16.5. The number of ether oxygens (including phenoxy) is 2. The van der Waals surface area contributed by atoms with Crippen LogP contribution in [0.4, 0.5) is 0 Å². The lowest BCUT2D eigenvalue weighted by atomic mass is 10.2. The molecule has 1 aliphatic heterocycles. The standard InChI is InChI=1S/C21H23N7O4/c1-27-8-9-28-18(29)10-15(14-6-7-22-12-23-14)24-19(28)16(11-27)25-20(30)13-4-5-17(31-2)26-21(13)32-3/h4-7,10,12,16H,8-9,11H2,1-3H3,(H,25,30). The third-order valence-electron chi connectivity index (χ3n) is 5.18. The third kappa shape index (κ3) is 4.28. The van der Waals surface area contributed by atoms with Gasteiger partial charge >= 0.3 is 0 Å². The first-order chi connectivity index (χ1) is 15.5. The normalized spacial score (nSPS) is 16.0. The number of hydrogen-bond donors (Lipinski definition) is 1. The molecule has 1 amide bonds. The lowest BCUT2D eigenvalue weighted by Gasteiger charge is -2.22. The molecule has 11 nitrogen and oxygen atoms in total. The smallest absolute Gasteiger partial charge is 0.257 e. The molecule has 0 radical (unpaired) electrons. The Balaban J connectivity index is 1.73. The van der Waals surface area contributed by atoms with Gasteiger partial charge in [0.25, 0.3) is 11.5 Å². The van der Waals surface area contributed by atoms with E-state index in [4.69, 9.17) is 14.5 Å². The van der Waals surface area contributed by atoms with Gasteiger partial charge < -0.3 is 19.7 Å². The van der Waals surface area contributed by atoms with Gasteiger partial charge in [-0.05, 0) is 19.2 Å². The van der Waals surface area contributed by atoms with Crippen molar-refractivity contribution in [1.82, 2.24) is 34.7 Å². The van der Waals surface area contributed by atoms with E-state index in [9.17, 15) is 9.59 Å². The maximum absolute atomic E-state index is 13.1. The van der Waals surface area contributed by atoms with Crippen LogP contribution in [-0.4, -0.2) is 69.7 Å². The monoisotopic (exact) mass is 437 g/mol. The van der Waals surface area contributed by atoms with Crippen molar-refractivity contribution in [2.75, 3.05) is 34.4 Å². The molecular formula is C21H23N7O4. The first-order valence-corrected chi connectivity index (χ1v) is 9.96. The van der Waals surface area contributed by atoms with Crippen molar-refractivity contribution >= 4 is 5.91 Å². The molecule has 3 aromatic rings. The highest BCUT2D eigenvalue weighted by molar-refractivity contribution is 5.96. The van der Waals surface area contributed by atoms with Gasteiger partial charge in [-0.3, -0.25) is 14.2 Å². The van der Waals surface area contributed by atoms with Gasteiger partial charge in [0.15, 0.2) is 0 Å². The summed E-state index contributed by atoms with van der Waals surface area (Å²) in [5, 5.41) is 2.98. The van der Waals surface area contributed by atoms with Crippen molar-refractivity contribution in [3.8, 4) is 23.1 Å². The van der Waals surface area contributed by atoms with Gasteiger partial charge in [-0.15, -0.1) is 0 Å². The van der Waals surface area contributed by atoms with Gasteiger partial charge in [0.05, 0.1) is 25.6 Å². The second-order valence-corrected chi connectivity index (χ2v) is 7.28. The maximum atomic E-state index is 13.1. The van der Waals surface area contributed by atoms with Crippen molar-refractivity contribution < 1.29 is 14.3 Å². The average Bonchev–Trinajstić information content (AvgIpc) is 2.97.